The minimum atomic E-state index is -1.25. The van der Waals surface area contributed by atoms with Gasteiger partial charge in [-0.25, -0.2) is 4.98 Å². The van der Waals surface area contributed by atoms with E-state index >= 15 is 0 Å². The summed E-state index contributed by atoms with van der Waals surface area (Å²) in [6, 6.07) is 9.90. The van der Waals surface area contributed by atoms with Crippen molar-refractivity contribution in [2.45, 2.75) is 44.2 Å². The molecule has 2 atom stereocenters. The number of nitrogens with one attached hydrogen (secondary N) is 1. The zero-order valence-electron chi connectivity index (χ0n) is 15.0. The van der Waals surface area contributed by atoms with Gasteiger partial charge >= 0.3 is 0 Å². The predicted octanol–water partition coefficient (Wildman–Crippen LogP) is 2.47. The van der Waals surface area contributed by atoms with E-state index in [2.05, 4.69) is 15.3 Å². The number of amides is 1. The lowest BCUT2D eigenvalue weighted by molar-refractivity contribution is 0.0882. The number of hydrogen-bond acceptors (Lipinski definition) is 6. The quantitative estimate of drug-likeness (QED) is 0.751. The van der Waals surface area contributed by atoms with E-state index < -0.39 is 12.1 Å². The second kappa shape index (κ2) is 9.10. The summed E-state index contributed by atoms with van der Waals surface area (Å²) in [4.78, 5) is 21.5. The minimum absolute atomic E-state index is 0.366. The zero-order valence-corrected chi connectivity index (χ0v) is 15.0. The fourth-order valence-electron chi connectivity index (χ4n) is 3.07. The van der Waals surface area contributed by atoms with Gasteiger partial charge in [0.2, 0.25) is 5.88 Å². The first-order valence-electron chi connectivity index (χ1n) is 9.13. The molecule has 1 amide bonds. The Bertz CT molecular complexity index is 834. The molecule has 0 spiro atoms. The number of aliphatic hydroxyl groups excluding tert-OH is 1. The molecule has 2 heterocycles. The van der Waals surface area contributed by atoms with Crippen LogP contribution in [-0.4, -0.2) is 39.7 Å². The van der Waals surface area contributed by atoms with Crippen LogP contribution in [0.1, 0.15) is 42.5 Å². The van der Waals surface area contributed by atoms with Gasteiger partial charge in [-0.2, -0.15) is 10.2 Å². The molecule has 1 aromatic heterocycles. The van der Waals surface area contributed by atoms with Crippen molar-refractivity contribution in [1.29, 1.82) is 5.26 Å². The third kappa shape index (κ3) is 4.80. The van der Waals surface area contributed by atoms with Crippen LogP contribution in [0.2, 0.25) is 0 Å². The first-order chi connectivity index (χ1) is 13.2. The highest BCUT2D eigenvalue weighted by Gasteiger charge is 2.23. The maximum atomic E-state index is 12.9. The molecule has 0 saturated carbocycles. The molecule has 1 aromatic carbocycles. The van der Waals surface area contributed by atoms with E-state index in [4.69, 9.17) is 10.00 Å². The number of aromatic nitrogens is 2. The van der Waals surface area contributed by atoms with Crippen molar-refractivity contribution in [3.8, 4) is 23.3 Å². The average Bonchev–Trinajstić information content (AvgIpc) is 2.71. The summed E-state index contributed by atoms with van der Waals surface area (Å²) in [5.74, 6) is 0.503. The number of nitriles is 1. The van der Waals surface area contributed by atoms with Crippen LogP contribution in [0.4, 0.5) is 0 Å². The van der Waals surface area contributed by atoms with Gasteiger partial charge in [-0.15, -0.1) is 0 Å². The van der Waals surface area contributed by atoms with Crippen LogP contribution < -0.4 is 10.1 Å². The van der Waals surface area contributed by atoms with Crippen LogP contribution in [-0.2, 0) is 0 Å². The zero-order chi connectivity index (χ0) is 19.1. The highest BCUT2D eigenvalue weighted by Crippen LogP contribution is 2.23. The summed E-state index contributed by atoms with van der Waals surface area (Å²) >= 11 is 0. The molecule has 0 aliphatic carbocycles. The minimum Gasteiger partial charge on any atom is -0.478 e. The maximum Gasteiger partial charge on any atom is 0.252 e. The van der Waals surface area contributed by atoms with Gasteiger partial charge in [0, 0.05) is 17.8 Å². The van der Waals surface area contributed by atoms with Crippen molar-refractivity contribution in [3.63, 3.8) is 0 Å². The van der Waals surface area contributed by atoms with E-state index in [1.165, 1.54) is 0 Å². The van der Waals surface area contributed by atoms with E-state index in [1.807, 2.05) is 6.07 Å². The molecule has 2 aromatic rings. The van der Waals surface area contributed by atoms with Crippen LogP contribution in [0.5, 0.6) is 5.88 Å². The van der Waals surface area contributed by atoms with Crippen LogP contribution in [0, 0.1) is 11.3 Å². The van der Waals surface area contributed by atoms with Gasteiger partial charge in [0.1, 0.15) is 0 Å². The molecule has 0 fully saturated rings. The fourth-order valence-corrected chi connectivity index (χ4v) is 3.07. The van der Waals surface area contributed by atoms with Gasteiger partial charge in [0.25, 0.3) is 5.91 Å². The lowest BCUT2D eigenvalue weighted by atomic mass is 10.0. The van der Waals surface area contributed by atoms with Crippen molar-refractivity contribution in [2.75, 3.05) is 6.61 Å². The van der Waals surface area contributed by atoms with Crippen molar-refractivity contribution in [3.05, 3.63) is 42.1 Å². The Morgan fingerprint density at radius 2 is 1.96 bits per heavy atom. The van der Waals surface area contributed by atoms with Crippen LogP contribution in [0.3, 0.4) is 0 Å². The number of benzene rings is 1. The molecular formula is C20H22N4O3. The molecule has 0 saturated heterocycles. The number of ether oxygens (including phenoxy) is 1. The molecule has 2 bridgehead atoms. The summed E-state index contributed by atoms with van der Waals surface area (Å²) in [5.41, 5.74) is 0.959. The second-order valence-corrected chi connectivity index (χ2v) is 6.47. The summed E-state index contributed by atoms with van der Waals surface area (Å²) in [7, 11) is 0. The second-order valence-electron chi connectivity index (χ2n) is 6.47. The number of aliphatic hydroxyl groups is 1. The lowest BCUT2D eigenvalue weighted by Crippen LogP contribution is -2.43. The topological polar surface area (TPSA) is 108 Å². The summed E-state index contributed by atoms with van der Waals surface area (Å²) in [6.45, 7) is 0.555. The van der Waals surface area contributed by atoms with E-state index in [-0.39, 0.29) is 5.91 Å². The first kappa shape index (κ1) is 18.8. The average molecular weight is 366 g/mol. The Kier molecular flexibility index (Phi) is 6.34. The van der Waals surface area contributed by atoms with E-state index in [9.17, 15) is 9.90 Å². The third-order valence-electron chi connectivity index (χ3n) is 4.53. The van der Waals surface area contributed by atoms with Crippen LogP contribution >= 0.6 is 0 Å². The molecule has 27 heavy (non-hydrogen) atoms. The lowest BCUT2D eigenvalue weighted by Gasteiger charge is -2.20. The van der Waals surface area contributed by atoms with Gasteiger partial charge < -0.3 is 15.2 Å². The van der Waals surface area contributed by atoms with Gasteiger partial charge in [-0.05, 0) is 18.9 Å². The van der Waals surface area contributed by atoms with Gasteiger partial charge in [0.05, 0.1) is 24.3 Å². The van der Waals surface area contributed by atoms with Crippen molar-refractivity contribution >= 4 is 5.91 Å². The summed E-state index contributed by atoms with van der Waals surface area (Å²) in [5, 5.41) is 21.9. The number of fused-ring (bicyclic) bond motifs is 4. The molecular weight excluding hydrogens is 344 g/mol. The first-order valence-corrected chi connectivity index (χ1v) is 9.13. The molecule has 3 rings (SSSR count). The monoisotopic (exact) mass is 366 g/mol. The normalized spacial score (nSPS) is 19.3. The molecule has 140 valence electrons. The molecule has 7 nitrogen and oxygen atoms in total. The van der Waals surface area contributed by atoms with Gasteiger partial charge in [-0.1, -0.05) is 37.5 Å². The summed E-state index contributed by atoms with van der Waals surface area (Å²) < 4.78 is 5.71. The number of carbonyl (C=O) groups excluding carboxylic acids is 1. The van der Waals surface area contributed by atoms with Gasteiger partial charge in [0.15, 0.2) is 11.9 Å². The fraction of sp³-hybridized carbons (Fsp3) is 0.400. The largest absolute Gasteiger partial charge is 0.478 e. The SMILES string of the molecule is N#CC(O)[C@@H]1CCCCCCOc2ccnc(n2)-c2ccccc2C(=O)N1. The van der Waals surface area contributed by atoms with Crippen molar-refractivity contribution in [2.24, 2.45) is 0 Å². The Labute approximate surface area is 158 Å². The number of rotatable bonds is 1. The Morgan fingerprint density at radius 3 is 2.78 bits per heavy atom. The Balaban J connectivity index is 1.96. The maximum absolute atomic E-state index is 12.9. The molecule has 2 N–H and O–H groups in total. The van der Waals surface area contributed by atoms with Crippen molar-refractivity contribution in [1.82, 2.24) is 15.3 Å². The molecule has 0 radical (unpaired) electrons. The molecule has 7 heteroatoms. The van der Waals surface area contributed by atoms with E-state index in [0.717, 1.165) is 25.7 Å². The van der Waals surface area contributed by atoms with Gasteiger partial charge in [-0.3, -0.25) is 4.79 Å². The highest BCUT2D eigenvalue weighted by atomic mass is 16.5. The number of nitrogens with zero attached hydrogens (tertiary/aromatic N) is 3. The molecule has 1 aliphatic heterocycles. The number of hydrogen-bond donors (Lipinski definition) is 2. The van der Waals surface area contributed by atoms with E-state index in [1.54, 1.807) is 36.5 Å². The Morgan fingerprint density at radius 1 is 1.19 bits per heavy atom. The Hall–Kier alpha value is -2.98. The summed E-state index contributed by atoms with van der Waals surface area (Å²) in [6.07, 6.45) is 4.47. The smallest absolute Gasteiger partial charge is 0.252 e. The van der Waals surface area contributed by atoms with Crippen molar-refractivity contribution < 1.29 is 14.6 Å². The predicted molar refractivity (Wildman–Crippen MR) is 98.9 cm³/mol. The number of carbonyl (C=O) groups is 1. The van der Waals surface area contributed by atoms with E-state index in [0.29, 0.717) is 35.9 Å². The van der Waals surface area contributed by atoms with Crippen LogP contribution in [0.15, 0.2) is 36.5 Å². The molecule has 1 aliphatic rings. The molecule has 1 unspecified atom stereocenters. The third-order valence-corrected chi connectivity index (χ3v) is 4.53. The highest BCUT2D eigenvalue weighted by molar-refractivity contribution is 6.00. The van der Waals surface area contributed by atoms with Crippen LogP contribution in [0.25, 0.3) is 11.4 Å². The standard InChI is InChI=1S/C20H22N4O3/c21-13-17(25)16-9-3-1-2-6-12-27-18-10-11-22-19(24-18)14-7-4-5-8-15(14)20(26)23-16/h4-5,7-8,10-11,16-17,25H,1-3,6,9,12H2,(H,23,26)/t16-,17?/m0/s1.